The molecule has 0 aliphatic carbocycles. The first-order valence-electron chi connectivity index (χ1n) is 8.64. The first-order chi connectivity index (χ1) is 12.9. The molecule has 3 heteroatoms. The van der Waals surface area contributed by atoms with Crippen LogP contribution < -0.4 is 34.8 Å². The zero-order valence-corrected chi connectivity index (χ0v) is 16.0. The molecule has 1 aromatic heterocycles. The minimum absolute atomic E-state index is 0. The van der Waals surface area contributed by atoms with Gasteiger partial charge in [0.2, 0.25) is 0 Å². The largest absolute Gasteiger partial charge is 1.00 e. The van der Waals surface area contributed by atoms with Gasteiger partial charge in [0, 0.05) is 10.9 Å². The Morgan fingerprint density at radius 1 is 0.630 bits per heavy atom. The second-order valence-corrected chi connectivity index (χ2v) is 8.36. The Hall–Kier alpha value is -2.29. The fourth-order valence-corrected chi connectivity index (χ4v) is 5.82. The SMILES string of the molecule is [Li+].[c-]1cccc2c1oc1c(P(c3ccccc3)c3ccccc3)cccc12. The Bertz CT molecular complexity index is 1140. The van der Waals surface area contributed by atoms with Crippen molar-refractivity contribution in [2.45, 2.75) is 0 Å². The molecule has 0 spiro atoms. The maximum absolute atomic E-state index is 6.27. The molecule has 0 N–H and O–H groups in total. The molecular weight excluding hydrogens is 342 g/mol. The van der Waals surface area contributed by atoms with Crippen LogP contribution in [0.4, 0.5) is 0 Å². The van der Waals surface area contributed by atoms with Crippen LogP contribution in [0.2, 0.25) is 0 Å². The van der Waals surface area contributed by atoms with E-state index in [9.17, 15) is 0 Å². The van der Waals surface area contributed by atoms with Crippen molar-refractivity contribution in [3.05, 3.63) is 103 Å². The summed E-state index contributed by atoms with van der Waals surface area (Å²) in [6.45, 7) is 0. The van der Waals surface area contributed by atoms with E-state index >= 15 is 0 Å². The predicted molar refractivity (Wildman–Crippen MR) is 111 cm³/mol. The van der Waals surface area contributed by atoms with Crippen LogP contribution in [0, 0.1) is 6.07 Å². The number of rotatable bonds is 3. The molecule has 5 aromatic rings. The molecule has 0 aliphatic heterocycles. The van der Waals surface area contributed by atoms with Gasteiger partial charge in [0.05, 0.1) is 0 Å². The van der Waals surface area contributed by atoms with Crippen molar-refractivity contribution in [3.63, 3.8) is 0 Å². The third-order valence-corrected chi connectivity index (χ3v) is 7.04. The van der Waals surface area contributed by atoms with E-state index in [0.717, 1.165) is 21.9 Å². The second-order valence-electron chi connectivity index (χ2n) is 6.18. The Morgan fingerprint density at radius 2 is 1.26 bits per heavy atom. The molecule has 0 bridgehead atoms. The molecule has 0 saturated heterocycles. The smallest absolute Gasteiger partial charge is 0.482 e. The molecular formula is C24H16LiOP. The van der Waals surface area contributed by atoms with Gasteiger partial charge in [0.1, 0.15) is 5.58 Å². The molecule has 0 aliphatic rings. The third-order valence-electron chi connectivity index (χ3n) is 4.58. The van der Waals surface area contributed by atoms with Crippen LogP contribution in [0.3, 0.4) is 0 Å². The maximum Gasteiger partial charge on any atom is 1.00 e. The van der Waals surface area contributed by atoms with Crippen molar-refractivity contribution in [2.75, 3.05) is 0 Å². The molecule has 0 amide bonds. The number of fused-ring (bicyclic) bond motifs is 3. The fraction of sp³-hybridized carbons (Fsp3) is 0. The molecule has 27 heavy (non-hydrogen) atoms. The average Bonchev–Trinajstić information content (AvgIpc) is 3.10. The van der Waals surface area contributed by atoms with Gasteiger partial charge in [-0.3, -0.25) is 0 Å². The zero-order valence-electron chi connectivity index (χ0n) is 15.1. The van der Waals surface area contributed by atoms with E-state index in [4.69, 9.17) is 4.42 Å². The summed E-state index contributed by atoms with van der Waals surface area (Å²) in [5, 5.41) is 6.19. The fourth-order valence-electron chi connectivity index (χ4n) is 3.42. The molecule has 0 unspecified atom stereocenters. The number of para-hydroxylation sites is 2. The van der Waals surface area contributed by atoms with Crippen LogP contribution in [0.15, 0.2) is 101 Å². The van der Waals surface area contributed by atoms with E-state index in [-0.39, 0.29) is 18.9 Å². The van der Waals surface area contributed by atoms with Gasteiger partial charge < -0.3 is 4.42 Å². The van der Waals surface area contributed by atoms with E-state index in [1.165, 1.54) is 15.9 Å². The Kier molecular flexibility index (Phi) is 5.19. The number of hydrogen-bond donors (Lipinski definition) is 0. The molecule has 4 aromatic carbocycles. The van der Waals surface area contributed by atoms with Gasteiger partial charge >= 0.3 is 18.9 Å². The topological polar surface area (TPSA) is 13.1 Å². The van der Waals surface area contributed by atoms with E-state index in [0.29, 0.717) is 0 Å². The summed E-state index contributed by atoms with van der Waals surface area (Å²) >= 11 is 0. The first-order valence-corrected chi connectivity index (χ1v) is 9.98. The normalized spacial score (nSPS) is 11.0. The summed E-state index contributed by atoms with van der Waals surface area (Å²) in [6.07, 6.45) is 0. The zero-order chi connectivity index (χ0) is 17.3. The van der Waals surface area contributed by atoms with E-state index in [1.54, 1.807) is 0 Å². The Morgan fingerprint density at radius 3 is 1.93 bits per heavy atom. The van der Waals surface area contributed by atoms with Gasteiger partial charge in [0.25, 0.3) is 0 Å². The maximum atomic E-state index is 6.27. The van der Waals surface area contributed by atoms with Crippen LogP contribution in [0.25, 0.3) is 21.9 Å². The molecule has 5 rings (SSSR count). The van der Waals surface area contributed by atoms with Crippen molar-refractivity contribution in [3.8, 4) is 0 Å². The molecule has 0 saturated carbocycles. The summed E-state index contributed by atoms with van der Waals surface area (Å²) in [4.78, 5) is 0. The van der Waals surface area contributed by atoms with E-state index in [2.05, 4.69) is 91.0 Å². The van der Waals surface area contributed by atoms with Crippen molar-refractivity contribution < 1.29 is 23.3 Å². The van der Waals surface area contributed by atoms with Gasteiger partial charge in [0.15, 0.2) is 0 Å². The number of benzene rings is 4. The number of hydrogen-bond acceptors (Lipinski definition) is 1. The second kappa shape index (κ2) is 7.75. The Balaban J connectivity index is 0.00000180. The van der Waals surface area contributed by atoms with Gasteiger partial charge in [-0.05, 0) is 23.9 Å². The first kappa shape index (κ1) is 18.1. The summed E-state index contributed by atoms with van der Waals surface area (Å²) in [5.74, 6) is 0. The van der Waals surface area contributed by atoms with Crippen molar-refractivity contribution in [2.24, 2.45) is 0 Å². The predicted octanol–water partition coefficient (Wildman–Crippen LogP) is 2.15. The number of furan rings is 1. The minimum atomic E-state index is -0.690. The Labute approximate surface area is 172 Å². The summed E-state index contributed by atoms with van der Waals surface area (Å²) in [7, 11) is -0.690. The van der Waals surface area contributed by atoms with Crippen LogP contribution in [0.1, 0.15) is 0 Å². The van der Waals surface area contributed by atoms with Crippen LogP contribution in [-0.2, 0) is 0 Å². The summed E-state index contributed by atoms with van der Waals surface area (Å²) < 4.78 is 6.27. The summed E-state index contributed by atoms with van der Waals surface area (Å²) in [6, 6.07) is 37.2. The average molecular weight is 358 g/mol. The molecule has 0 radical (unpaired) electrons. The van der Waals surface area contributed by atoms with Crippen molar-refractivity contribution in [1.82, 2.24) is 0 Å². The van der Waals surface area contributed by atoms with E-state index in [1.807, 2.05) is 12.1 Å². The molecule has 124 valence electrons. The molecule has 1 heterocycles. The van der Waals surface area contributed by atoms with Crippen LogP contribution in [0.5, 0.6) is 0 Å². The monoisotopic (exact) mass is 358 g/mol. The van der Waals surface area contributed by atoms with Crippen LogP contribution in [-0.4, -0.2) is 0 Å². The van der Waals surface area contributed by atoms with Gasteiger partial charge in [-0.25, -0.2) is 0 Å². The molecule has 0 atom stereocenters. The van der Waals surface area contributed by atoms with E-state index < -0.39 is 7.92 Å². The quantitative estimate of drug-likeness (QED) is 0.274. The van der Waals surface area contributed by atoms with Gasteiger partial charge in [-0.1, -0.05) is 84.2 Å². The molecule has 0 fully saturated rings. The van der Waals surface area contributed by atoms with Gasteiger partial charge in [-0.2, -0.15) is 18.2 Å². The standard InChI is InChI=1S/C24H16OP.Li/c1-3-10-18(11-4-1)26(19-12-5-2-6-13-19)23-17-9-15-21-20-14-7-8-16-22(20)25-24(21)23;/h1-15,17H;/q-1;+1. The third kappa shape index (κ3) is 3.24. The minimum Gasteiger partial charge on any atom is -0.482 e. The van der Waals surface area contributed by atoms with Crippen LogP contribution >= 0.6 is 7.92 Å². The summed E-state index contributed by atoms with van der Waals surface area (Å²) in [5.41, 5.74) is 1.80. The molecule has 1 nitrogen and oxygen atoms in total. The van der Waals surface area contributed by atoms with Crippen molar-refractivity contribution >= 4 is 45.8 Å². The van der Waals surface area contributed by atoms with Crippen molar-refractivity contribution in [1.29, 1.82) is 0 Å². The van der Waals surface area contributed by atoms with Gasteiger partial charge in [-0.15, -0.1) is 6.07 Å².